The maximum Gasteiger partial charge on any atom is 0.262 e. The second-order valence-corrected chi connectivity index (χ2v) is 6.04. The largest absolute Gasteiger partial charge is 0.357 e. The minimum atomic E-state index is -0.255. The maximum absolute atomic E-state index is 12.6. The third-order valence-corrected chi connectivity index (χ3v) is 4.38. The van der Waals surface area contributed by atoms with Gasteiger partial charge in [0.05, 0.1) is 6.20 Å². The molecule has 0 aliphatic carbocycles. The molecular formula is C16H19N7O. The minimum absolute atomic E-state index is 0.255. The van der Waals surface area contributed by atoms with Gasteiger partial charge in [0.2, 0.25) is 0 Å². The number of nitrogens with zero attached hydrogens (tertiary/aromatic N) is 6. The molecule has 24 heavy (non-hydrogen) atoms. The van der Waals surface area contributed by atoms with Gasteiger partial charge in [0.15, 0.2) is 11.5 Å². The predicted octanol–water partition coefficient (Wildman–Crippen LogP) is 1.62. The monoisotopic (exact) mass is 325 g/mol. The molecule has 3 aromatic heterocycles. The third-order valence-electron chi connectivity index (χ3n) is 4.38. The molecule has 0 spiro atoms. The summed E-state index contributed by atoms with van der Waals surface area (Å²) in [6.45, 7) is 3.90. The Labute approximate surface area is 139 Å². The molecule has 4 rings (SSSR count). The Kier molecular flexibility index (Phi) is 3.44. The van der Waals surface area contributed by atoms with Crippen molar-refractivity contribution in [1.82, 2.24) is 24.1 Å². The van der Waals surface area contributed by atoms with Gasteiger partial charge in [-0.05, 0) is 25.8 Å². The molecule has 1 aliphatic heterocycles. The number of rotatable bonds is 3. The summed E-state index contributed by atoms with van der Waals surface area (Å²) in [6.07, 6.45) is 7.53. The fraction of sp³-hybridized carbons (Fsp3) is 0.375. The van der Waals surface area contributed by atoms with E-state index in [1.807, 2.05) is 30.8 Å². The molecule has 1 N–H and O–H groups in total. The topological polar surface area (TPSA) is 80.4 Å². The van der Waals surface area contributed by atoms with E-state index in [9.17, 15) is 4.79 Å². The van der Waals surface area contributed by atoms with Crippen LogP contribution in [0.15, 0.2) is 24.7 Å². The molecule has 1 fully saturated rings. The van der Waals surface area contributed by atoms with Crippen molar-refractivity contribution in [2.75, 3.05) is 23.3 Å². The molecule has 1 amide bonds. The summed E-state index contributed by atoms with van der Waals surface area (Å²) < 4.78 is 3.48. The van der Waals surface area contributed by atoms with E-state index >= 15 is 0 Å². The maximum atomic E-state index is 12.6. The summed E-state index contributed by atoms with van der Waals surface area (Å²) in [5.41, 5.74) is 1.00. The molecule has 0 unspecified atom stereocenters. The van der Waals surface area contributed by atoms with Crippen molar-refractivity contribution >= 4 is 23.2 Å². The van der Waals surface area contributed by atoms with Crippen LogP contribution in [-0.4, -0.2) is 43.1 Å². The molecule has 8 nitrogen and oxygen atoms in total. The van der Waals surface area contributed by atoms with E-state index < -0.39 is 0 Å². The summed E-state index contributed by atoms with van der Waals surface area (Å²) in [5.74, 6) is 1.99. The van der Waals surface area contributed by atoms with Crippen molar-refractivity contribution in [3.05, 3.63) is 36.0 Å². The average molecular weight is 325 g/mol. The van der Waals surface area contributed by atoms with Gasteiger partial charge in [-0.15, -0.1) is 0 Å². The summed E-state index contributed by atoms with van der Waals surface area (Å²) in [6, 6.07) is 1.94. The lowest BCUT2D eigenvalue weighted by atomic mass is 10.3. The fourth-order valence-corrected chi connectivity index (χ4v) is 2.94. The highest BCUT2D eigenvalue weighted by Gasteiger charge is 2.19. The van der Waals surface area contributed by atoms with E-state index in [0.717, 1.165) is 24.7 Å². The second kappa shape index (κ2) is 5.63. The summed E-state index contributed by atoms with van der Waals surface area (Å²) in [5, 5.41) is 7.03. The van der Waals surface area contributed by atoms with E-state index in [4.69, 9.17) is 0 Å². The second-order valence-electron chi connectivity index (χ2n) is 6.04. The molecule has 0 radical (unpaired) electrons. The Morgan fingerprint density at radius 2 is 2.04 bits per heavy atom. The van der Waals surface area contributed by atoms with Crippen LogP contribution < -0.4 is 10.2 Å². The van der Waals surface area contributed by atoms with E-state index in [1.54, 1.807) is 16.9 Å². The highest BCUT2D eigenvalue weighted by Crippen LogP contribution is 2.20. The molecule has 3 aromatic rings. The Morgan fingerprint density at radius 1 is 1.25 bits per heavy atom. The fourth-order valence-electron chi connectivity index (χ4n) is 2.94. The lowest BCUT2D eigenvalue weighted by molar-refractivity contribution is 0.102. The highest BCUT2D eigenvalue weighted by atomic mass is 16.1. The molecule has 124 valence electrons. The number of aromatic nitrogens is 5. The molecule has 0 aromatic carbocycles. The number of hydrogen-bond acceptors (Lipinski definition) is 5. The first kappa shape index (κ1) is 14.7. The number of imidazole rings is 1. The predicted molar refractivity (Wildman–Crippen MR) is 90.3 cm³/mol. The van der Waals surface area contributed by atoms with Crippen molar-refractivity contribution in [3.63, 3.8) is 0 Å². The van der Waals surface area contributed by atoms with Crippen LogP contribution in [0.2, 0.25) is 0 Å². The van der Waals surface area contributed by atoms with E-state index in [-0.39, 0.29) is 5.91 Å². The molecule has 0 bridgehead atoms. The number of aryl methyl sites for hydroxylation is 2. The number of carbonyl (C=O) groups excluding carboxylic acids is 1. The number of amides is 1. The van der Waals surface area contributed by atoms with Crippen molar-refractivity contribution < 1.29 is 4.79 Å². The number of nitrogens with one attached hydrogen (secondary N) is 1. The lowest BCUT2D eigenvalue weighted by Crippen LogP contribution is -2.19. The van der Waals surface area contributed by atoms with Gasteiger partial charge in [0.25, 0.3) is 5.91 Å². The Hall–Kier alpha value is -2.90. The Balaban J connectivity index is 1.65. The summed E-state index contributed by atoms with van der Waals surface area (Å²) in [4.78, 5) is 23.7. The molecule has 0 atom stereocenters. The first-order valence-electron chi connectivity index (χ1n) is 8.02. The molecule has 8 heteroatoms. The standard InChI is InChI=1S/C16H19N7O/c1-11-18-13(10-21(11)2)19-16(24)12-9-17-23-8-5-14(20-15(12)23)22-6-3-4-7-22/h5,8-10H,3-4,6-7H2,1-2H3,(H,19,24). The zero-order valence-corrected chi connectivity index (χ0v) is 13.7. The summed E-state index contributed by atoms with van der Waals surface area (Å²) in [7, 11) is 1.89. The van der Waals surface area contributed by atoms with Gasteiger partial charge in [-0.1, -0.05) is 0 Å². The van der Waals surface area contributed by atoms with Crippen molar-refractivity contribution in [2.24, 2.45) is 7.05 Å². The third kappa shape index (κ3) is 2.49. The molecule has 1 aliphatic rings. The van der Waals surface area contributed by atoms with Crippen LogP contribution >= 0.6 is 0 Å². The number of hydrogen-bond donors (Lipinski definition) is 1. The van der Waals surface area contributed by atoms with Crippen LogP contribution in [0, 0.1) is 6.92 Å². The summed E-state index contributed by atoms with van der Waals surface area (Å²) >= 11 is 0. The average Bonchev–Trinajstić information content (AvgIpc) is 3.28. The van der Waals surface area contributed by atoms with Crippen LogP contribution in [0.3, 0.4) is 0 Å². The quantitative estimate of drug-likeness (QED) is 0.791. The van der Waals surface area contributed by atoms with Crippen molar-refractivity contribution in [3.8, 4) is 0 Å². The van der Waals surface area contributed by atoms with E-state index in [2.05, 4.69) is 25.3 Å². The zero-order chi connectivity index (χ0) is 16.7. The normalized spacial score (nSPS) is 14.5. The molecule has 4 heterocycles. The minimum Gasteiger partial charge on any atom is -0.357 e. The molecule has 0 saturated carbocycles. The number of fused-ring (bicyclic) bond motifs is 1. The lowest BCUT2D eigenvalue weighted by Gasteiger charge is -2.16. The first-order chi connectivity index (χ1) is 11.6. The van der Waals surface area contributed by atoms with Gasteiger partial charge >= 0.3 is 0 Å². The first-order valence-corrected chi connectivity index (χ1v) is 8.02. The molecule has 1 saturated heterocycles. The van der Waals surface area contributed by atoms with Crippen LogP contribution in [0.4, 0.5) is 11.6 Å². The zero-order valence-electron chi connectivity index (χ0n) is 13.7. The van der Waals surface area contributed by atoms with Crippen LogP contribution in [0.5, 0.6) is 0 Å². The van der Waals surface area contributed by atoms with Gasteiger partial charge < -0.3 is 14.8 Å². The van der Waals surface area contributed by atoms with Crippen molar-refractivity contribution in [2.45, 2.75) is 19.8 Å². The highest BCUT2D eigenvalue weighted by molar-refractivity contribution is 6.07. The smallest absolute Gasteiger partial charge is 0.262 e. The van der Waals surface area contributed by atoms with Crippen LogP contribution in [-0.2, 0) is 7.05 Å². The van der Waals surface area contributed by atoms with Gasteiger partial charge in [-0.2, -0.15) is 5.10 Å². The van der Waals surface area contributed by atoms with Gasteiger partial charge in [0, 0.05) is 32.5 Å². The van der Waals surface area contributed by atoms with Crippen molar-refractivity contribution in [1.29, 1.82) is 0 Å². The Bertz CT molecular complexity index is 885. The number of carbonyl (C=O) groups is 1. The SMILES string of the molecule is Cc1nc(NC(=O)c2cnn3ccc(N4CCCC4)nc23)cn1C. The van der Waals surface area contributed by atoms with E-state index in [0.29, 0.717) is 17.0 Å². The Morgan fingerprint density at radius 3 is 2.75 bits per heavy atom. The molecular weight excluding hydrogens is 306 g/mol. The van der Waals surface area contributed by atoms with Crippen LogP contribution in [0.25, 0.3) is 5.65 Å². The van der Waals surface area contributed by atoms with Gasteiger partial charge in [-0.3, -0.25) is 4.79 Å². The number of anilines is 2. The van der Waals surface area contributed by atoms with Gasteiger partial charge in [-0.25, -0.2) is 14.5 Å². The van der Waals surface area contributed by atoms with Crippen LogP contribution in [0.1, 0.15) is 29.0 Å². The van der Waals surface area contributed by atoms with E-state index in [1.165, 1.54) is 12.8 Å². The van der Waals surface area contributed by atoms with Gasteiger partial charge in [0.1, 0.15) is 17.2 Å².